The lowest BCUT2D eigenvalue weighted by atomic mass is 9.84. The van der Waals surface area contributed by atoms with Gasteiger partial charge in [-0.1, -0.05) is 6.07 Å². The summed E-state index contributed by atoms with van der Waals surface area (Å²) in [5, 5.41) is 2.36. The Labute approximate surface area is 175 Å². The molecule has 1 aliphatic heterocycles. The average molecular weight is 446 g/mol. The summed E-state index contributed by atoms with van der Waals surface area (Å²) in [5.74, 6) is -0.915. The van der Waals surface area contributed by atoms with E-state index in [1.54, 1.807) is 12.3 Å². The summed E-state index contributed by atoms with van der Waals surface area (Å²) in [6.07, 6.45) is -6.53. The first-order valence-electron chi connectivity index (χ1n) is 8.86. The first kappa shape index (κ1) is 22.1. The molecule has 162 valence electrons. The van der Waals surface area contributed by atoms with Gasteiger partial charge in [0.2, 0.25) is 0 Å². The second-order valence-corrected chi connectivity index (χ2v) is 7.49. The number of aryl methyl sites for hydroxylation is 1. The van der Waals surface area contributed by atoms with Gasteiger partial charge in [0.1, 0.15) is 23.4 Å². The van der Waals surface area contributed by atoms with Crippen LogP contribution in [0.3, 0.4) is 0 Å². The number of thiol groups is 1. The number of halogens is 5. The number of hydrogen-bond acceptors (Lipinski definition) is 6. The number of ether oxygens (including phenoxy) is 1. The predicted octanol–water partition coefficient (Wildman–Crippen LogP) is 4.40. The van der Waals surface area contributed by atoms with Gasteiger partial charge in [0.15, 0.2) is 6.10 Å². The molecule has 0 aliphatic carbocycles. The van der Waals surface area contributed by atoms with Crippen LogP contribution in [0.2, 0.25) is 0 Å². The van der Waals surface area contributed by atoms with Crippen LogP contribution < -0.4 is 11.1 Å². The molecule has 0 radical (unpaired) electrons. The Hall–Kier alpha value is -2.56. The summed E-state index contributed by atoms with van der Waals surface area (Å²) in [7, 11) is 0. The second kappa shape index (κ2) is 8.29. The fraction of sp³-hybridized carbons (Fsp3) is 0.368. The van der Waals surface area contributed by atoms with Crippen LogP contribution in [0.15, 0.2) is 41.5 Å². The molecule has 2 aromatic rings. The van der Waals surface area contributed by atoms with Crippen molar-refractivity contribution in [1.82, 2.24) is 4.98 Å². The van der Waals surface area contributed by atoms with Crippen molar-refractivity contribution < 1.29 is 26.7 Å². The van der Waals surface area contributed by atoms with Crippen molar-refractivity contribution in [3.8, 4) is 0 Å². The van der Waals surface area contributed by atoms with E-state index in [-0.39, 0.29) is 5.56 Å². The van der Waals surface area contributed by atoms with E-state index in [1.165, 1.54) is 12.1 Å². The monoisotopic (exact) mass is 446 g/mol. The van der Waals surface area contributed by atoms with Gasteiger partial charge in [-0.2, -0.15) is 13.2 Å². The summed E-state index contributed by atoms with van der Waals surface area (Å²) in [6.45, 7) is 0.475. The van der Waals surface area contributed by atoms with Gasteiger partial charge in [-0.15, -0.1) is 12.6 Å². The zero-order chi connectivity index (χ0) is 22.1. The van der Waals surface area contributed by atoms with Crippen LogP contribution in [-0.4, -0.2) is 30.0 Å². The number of rotatable bonds is 5. The van der Waals surface area contributed by atoms with Crippen LogP contribution in [0.25, 0.3) is 0 Å². The van der Waals surface area contributed by atoms with E-state index in [1.807, 2.05) is 13.0 Å². The molecular formula is C19H19F5N4OS. The SMILES string of the molecule is Cc1ccc(C(S)Nc2ccc(F)c([C@]3(CF)C[C@@H](C(F)(F)F)OC(N)=N3)c2)nc1. The molecule has 3 rings (SSSR count). The van der Waals surface area contributed by atoms with E-state index in [2.05, 4.69) is 32.7 Å². The van der Waals surface area contributed by atoms with Gasteiger partial charge in [0, 0.05) is 23.9 Å². The van der Waals surface area contributed by atoms with Gasteiger partial charge >= 0.3 is 6.18 Å². The quantitative estimate of drug-likeness (QED) is 0.362. The molecule has 1 unspecified atom stereocenters. The van der Waals surface area contributed by atoms with Crippen LogP contribution in [0.1, 0.15) is 28.6 Å². The normalized spacial score (nSPS) is 22.8. The number of hydrogen-bond donors (Lipinski definition) is 3. The molecule has 3 atom stereocenters. The maximum absolute atomic E-state index is 14.6. The molecule has 2 heterocycles. The molecule has 1 aromatic carbocycles. The third-order valence-electron chi connectivity index (χ3n) is 4.68. The first-order valence-corrected chi connectivity index (χ1v) is 9.37. The number of benzene rings is 1. The molecule has 0 spiro atoms. The Bertz CT molecular complexity index is 938. The van der Waals surface area contributed by atoms with Crippen molar-refractivity contribution >= 4 is 24.3 Å². The molecule has 0 bridgehead atoms. The highest BCUT2D eigenvalue weighted by Gasteiger charge is 2.52. The molecule has 0 amide bonds. The summed E-state index contributed by atoms with van der Waals surface area (Å²) in [5.41, 5.74) is 4.65. The first-order chi connectivity index (χ1) is 14.0. The number of pyridine rings is 1. The Morgan fingerprint density at radius 1 is 1.33 bits per heavy atom. The molecule has 0 fully saturated rings. The predicted molar refractivity (Wildman–Crippen MR) is 106 cm³/mol. The minimum atomic E-state index is -4.82. The molecule has 0 saturated carbocycles. The van der Waals surface area contributed by atoms with Gasteiger partial charge < -0.3 is 15.8 Å². The highest BCUT2D eigenvalue weighted by Crippen LogP contribution is 2.42. The summed E-state index contributed by atoms with van der Waals surface area (Å²) in [6, 6.07) is 6.29. The Morgan fingerprint density at radius 3 is 2.67 bits per heavy atom. The summed E-state index contributed by atoms with van der Waals surface area (Å²) in [4.78, 5) is 7.94. The molecule has 5 nitrogen and oxygen atoms in total. The van der Waals surface area contributed by atoms with Crippen LogP contribution in [0.4, 0.5) is 27.6 Å². The van der Waals surface area contributed by atoms with Crippen molar-refractivity contribution in [3.63, 3.8) is 0 Å². The second-order valence-electron chi connectivity index (χ2n) is 6.97. The van der Waals surface area contributed by atoms with Crippen LogP contribution >= 0.6 is 12.6 Å². The van der Waals surface area contributed by atoms with E-state index in [0.29, 0.717) is 11.4 Å². The number of aliphatic imine (C=N–C) groups is 1. The van der Waals surface area contributed by atoms with Crippen LogP contribution in [0.5, 0.6) is 0 Å². The zero-order valence-electron chi connectivity index (χ0n) is 15.8. The van der Waals surface area contributed by atoms with Gasteiger partial charge in [-0.25, -0.2) is 13.8 Å². The summed E-state index contributed by atoms with van der Waals surface area (Å²) >= 11 is 4.40. The number of amidine groups is 1. The minimum absolute atomic E-state index is 0.297. The number of nitrogens with two attached hydrogens (primary N) is 1. The van der Waals surface area contributed by atoms with Crippen molar-refractivity contribution in [1.29, 1.82) is 0 Å². The lowest BCUT2D eigenvalue weighted by Gasteiger charge is -2.36. The Kier molecular flexibility index (Phi) is 6.11. The standard InChI is InChI=1S/C19H19F5N4OS/c1-10-2-5-14(26-8-10)16(30)27-11-3-4-13(21)12(6-11)18(9-20)7-15(19(22,23)24)29-17(25)28-18/h2-6,8,15-16,27,30H,7,9H2,1H3,(H2,25,28)/t15-,16?,18+/m0/s1. The van der Waals surface area contributed by atoms with Gasteiger partial charge in [0.05, 0.1) is 5.69 Å². The molecule has 1 aliphatic rings. The topological polar surface area (TPSA) is 72.5 Å². The largest absolute Gasteiger partial charge is 0.452 e. The van der Waals surface area contributed by atoms with Crippen molar-refractivity contribution in [2.75, 3.05) is 12.0 Å². The fourth-order valence-electron chi connectivity index (χ4n) is 3.13. The molecular weight excluding hydrogens is 427 g/mol. The average Bonchev–Trinajstić information content (AvgIpc) is 2.68. The van der Waals surface area contributed by atoms with Gasteiger partial charge in [0.25, 0.3) is 6.02 Å². The van der Waals surface area contributed by atoms with Crippen LogP contribution in [0, 0.1) is 12.7 Å². The Balaban J connectivity index is 1.95. The number of anilines is 1. The highest BCUT2D eigenvalue weighted by molar-refractivity contribution is 7.80. The number of nitrogens with one attached hydrogen (secondary N) is 1. The maximum Gasteiger partial charge on any atom is 0.425 e. The number of nitrogens with zero attached hydrogens (tertiary/aromatic N) is 2. The van der Waals surface area contributed by atoms with E-state index in [9.17, 15) is 22.0 Å². The van der Waals surface area contributed by atoms with Crippen LogP contribution in [-0.2, 0) is 10.3 Å². The van der Waals surface area contributed by atoms with Crippen molar-refractivity contribution in [2.24, 2.45) is 10.7 Å². The third kappa shape index (κ3) is 4.61. The lowest BCUT2D eigenvalue weighted by molar-refractivity contribution is -0.209. The molecule has 0 saturated heterocycles. The smallest absolute Gasteiger partial charge is 0.425 e. The zero-order valence-corrected chi connectivity index (χ0v) is 16.6. The van der Waals surface area contributed by atoms with Gasteiger partial charge in [-0.3, -0.25) is 4.98 Å². The van der Waals surface area contributed by atoms with E-state index in [0.717, 1.165) is 11.6 Å². The highest BCUT2D eigenvalue weighted by atomic mass is 32.1. The maximum atomic E-state index is 14.6. The summed E-state index contributed by atoms with van der Waals surface area (Å²) < 4.78 is 72.7. The van der Waals surface area contributed by atoms with Crippen molar-refractivity contribution in [3.05, 3.63) is 59.2 Å². The molecule has 1 aromatic heterocycles. The fourth-order valence-corrected chi connectivity index (χ4v) is 3.43. The van der Waals surface area contributed by atoms with Crippen molar-refractivity contribution in [2.45, 2.75) is 36.5 Å². The third-order valence-corrected chi connectivity index (χ3v) is 5.08. The lowest BCUT2D eigenvalue weighted by Crippen LogP contribution is -2.48. The van der Waals surface area contributed by atoms with Gasteiger partial charge in [-0.05, 0) is 36.8 Å². The molecule has 11 heteroatoms. The number of aromatic nitrogens is 1. The van der Waals surface area contributed by atoms with E-state index in [4.69, 9.17) is 5.73 Å². The minimum Gasteiger partial charge on any atom is -0.452 e. The molecule has 3 N–H and O–H groups in total. The van der Waals surface area contributed by atoms with E-state index >= 15 is 0 Å². The number of alkyl halides is 4. The van der Waals surface area contributed by atoms with E-state index < -0.39 is 48.1 Å². The Morgan fingerprint density at radius 2 is 2.07 bits per heavy atom. The molecule has 30 heavy (non-hydrogen) atoms.